The maximum absolute atomic E-state index is 13.0. The number of hydrogen-bond donors (Lipinski definition) is 1. The van der Waals surface area contributed by atoms with Gasteiger partial charge in [-0.05, 0) is 43.5 Å². The van der Waals surface area contributed by atoms with Crippen LogP contribution in [0.25, 0.3) is 11.0 Å². The number of rotatable bonds is 8. The van der Waals surface area contributed by atoms with E-state index in [-0.39, 0.29) is 16.6 Å². The van der Waals surface area contributed by atoms with E-state index in [9.17, 15) is 13.2 Å². The summed E-state index contributed by atoms with van der Waals surface area (Å²) >= 11 is 2.91. The number of nitrogens with one attached hydrogen (secondary N) is 1. The van der Waals surface area contributed by atoms with Gasteiger partial charge in [0.1, 0.15) is 0 Å². The summed E-state index contributed by atoms with van der Waals surface area (Å²) in [7, 11) is -3.60. The third kappa shape index (κ3) is 5.22. The third-order valence-electron chi connectivity index (χ3n) is 5.32. The topological polar surface area (TPSA) is 93.5 Å². The van der Waals surface area contributed by atoms with Crippen molar-refractivity contribution in [1.29, 1.82) is 0 Å². The highest BCUT2D eigenvalue weighted by Crippen LogP contribution is 2.28. The summed E-state index contributed by atoms with van der Waals surface area (Å²) in [6, 6.07) is 12.7. The highest BCUT2D eigenvalue weighted by molar-refractivity contribution is 7.99. The van der Waals surface area contributed by atoms with Crippen LogP contribution < -0.4 is 5.32 Å². The molecule has 1 aliphatic rings. The molecule has 0 spiro atoms. The zero-order valence-electron chi connectivity index (χ0n) is 18.5. The van der Waals surface area contributed by atoms with E-state index in [1.165, 1.54) is 16.1 Å². The number of hydrogen-bond acceptors (Lipinski definition) is 7. The van der Waals surface area contributed by atoms with Crippen molar-refractivity contribution in [3.8, 4) is 0 Å². The van der Waals surface area contributed by atoms with Gasteiger partial charge in [-0.3, -0.25) is 4.79 Å². The minimum absolute atomic E-state index is 0.119. The van der Waals surface area contributed by atoms with E-state index >= 15 is 0 Å². The summed E-state index contributed by atoms with van der Waals surface area (Å²) in [6.45, 7) is 4.15. The predicted octanol–water partition coefficient (Wildman–Crippen LogP) is 3.53. The first-order valence-corrected chi connectivity index (χ1v) is 14.2. The fraction of sp³-hybridized carbons (Fsp3) is 0.364. The maximum Gasteiger partial charge on any atom is 0.243 e. The highest BCUT2D eigenvalue weighted by atomic mass is 32.2. The lowest BCUT2D eigenvalue weighted by Crippen LogP contribution is -2.40. The van der Waals surface area contributed by atoms with Gasteiger partial charge in [0.25, 0.3) is 0 Å². The number of para-hydroxylation sites is 1. The molecule has 176 valence electrons. The first-order valence-electron chi connectivity index (χ1n) is 10.6. The summed E-state index contributed by atoms with van der Waals surface area (Å²) in [4.78, 5) is 18.4. The zero-order valence-corrected chi connectivity index (χ0v) is 20.9. The quantitative estimate of drug-likeness (QED) is 0.467. The molecular weight excluding hydrogens is 480 g/mol. The van der Waals surface area contributed by atoms with Crippen LogP contribution in [0.1, 0.15) is 6.92 Å². The van der Waals surface area contributed by atoms with E-state index in [0.29, 0.717) is 43.5 Å². The molecule has 2 heterocycles. The summed E-state index contributed by atoms with van der Waals surface area (Å²) in [5.74, 6) is 0.0807. The Hall–Kier alpha value is -2.05. The number of carbonyl (C=O) groups excluding carboxylic acids is 1. The van der Waals surface area contributed by atoms with Crippen LogP contribution in [0, 0.1) is 0 Å². The Kier molecular flexibility index (Phi) is 7.65. The molecule has 1 aromatic heterocycles. The largest absolute Gasteiger partial charge is 0.379 e. The van der Waals surface area contributed by atoms with Crippen molar-refractivity contribution in [3.63, 3.8) is 0 Å². The number of aromatic nitrogens is 2. The first-order chi connectivity index (χ1) is 15.9. The zero-order chi connectivity index (χ0) is 23.4. The average molecular weight is 507 g/mol. The fourth-order valence-corrected chi connectivity index (χ4v) is 6.52. The third-order valence-corrected chi connectivity index (χ3v) is 8.99. The molecule has 0 atom stereocenters. The molecule has 0 aliphatic carbocycles. The van der Waals surface area contributed by atoms with Crippen LogP contribution in [0.4, 0.5) is 5.69 Å². The van der Waals surface area contributed by atoms with Crippen molar-refractivity contribution < 1.29 is 17.9 Å². The lowest BCUT2D eigenvalue weighted by Gasteiger charge is -2.26. The molecule has 1 amide bonds. The molecule has 0 bridgehead atoms. The second-order valence-electron chi connectivity index (χ2n) is 7.34. The number of ether oxygens (including phenoxy) is 1. The summed E-state index contributed by atoms with van der Waals surface area (Å²) in [5, 5.41) is 3.64. The Labute approximate surface area is 202 Å². The van der Waals surface area contributed by atoms with Crippen molar-refractivity contribution in [1.82, 2.24) is 13.9 Å². The second-order valence-corrected chi connectivity index (χ2v) is 11.1. The number of carbonyl (C=O) groups is 1. The Morgan fingerprint density at radius 3 is 2.67 bits per heavy atom. The van der Waals surface area contributed by atoms with E-state index < -0.39 is 10.0 Å². The summed E-state index contributed by atoms with van der Waals surface area (Å²) in [5.41, 5.74) is 2.23. The molecule has 2 aromatic carbocycles. The normalized spacial score (nSPS) is 15.1. The van der Waals surface area contributed by atoms with Gasteiger partial charge < -0.3 is 14.6 Å². The van der Waals surface area contributed by atoms with Gasteiger partial charge in [0.2, 0.25) is 15.9 Å². The molecule has 3 aromatic rings. The van der Waals surface area contributed by atoms with Gasteiger partial charge in [-0.15, -0.1) is 11.8 Å². The molecule has 0 saturated carbocycles. The van der Waals surface area contributed by atoms with Gasteiger partial charge >= 0.3 is 0 Å². The van der Waals surface area contributed by atoms with Crippen molar-refractivity contribution in [3.05, 3.63) is 42.5 Å². The average Bonchev–Trinajstić information content (AvgIpc) is 3.20. The molecule has 0 radical (unpaired) electrons. The van der Waals surface area contributed by atoms with E-state index in [1.807, 2.05) is 42.0 Å². The van der Waals surface area contributed by atoms with Crippen molar-refractivity contribution >= 4 is 56.2 Å². The minimum Gasteiger partial charge on any atom is -0.379 e. The standard InChI is InChI=1S/C22H26N4O4S3/c1-3-26-19-9-8-16(33(28,29)25-10-12-30-13-11-25)14-18(19)24-22(26)32-15-21(27)23-17-6-4-5-7-20(17)31-2/h4-9,14H,3,10-13,15H2,1-2H3,(H,23,27). The van der Waals surface area contributed by atoms with Crippen LogP contribution in [-0.2, 0) is 26.1 Å². The van der Waals surface area contributed by atoms with Gasteiger partial charge in [-0.25, -0.2) is 13.4 Å². The highest BCUT2D eigenvalue weighted by Gasteiger charge is 2.27. The van der Waals surface area contributed by atoms with Gasteiger partial charge in [0, 0.05) is 24.5 Å². The van der Waals surface area contributed by atoms with Crippen LogP contribution in [-0.4, -0.2) is 66.5 Å². The number of anilines is 1. The SMILES string of the molecule is CCn1c(SCC(=O)Nc2ccccc2SC)nc2cc(S(=O)(=O)N3CCOCC3)ccc21. The number of aryl methyl sites for hydroxylation is 1. The number of nitrogens with zero attached hydrogens (tertiary/aromatic N) is 3. The van der Waals surface area contributed by atoms with Crippen LogP contribution >= 0.6 is 23.5 Å². The number of fused-ring (bicyclic) bond motifs is 1. The van der Waals surface area contributed by atoms with Gasteiger partial charge in [-0.2, -0.15) is 4.31 Å². The van der Waals surface area contributed by atoms with Gasteiger partial charge in [0.15, 0.2) is 5.16 Å². The first kappa shape index (κ1) is 24.1. The number of thioether (sulfide) groups is 2. The Morgan fingerprint density at radius 2 is 1.94 bits per heavy atom. The molecule has 1 N–H and O–H groups in total. The Morgan fingerprint density at radius 1 is 1.18 bits per heavy atom. The maximum atomic E-state index is 13.0. The van der Waals surface area contributed by atoms with Gasteiger partial charge in [-0.1, -0.05) is 23.9 Å². The van der Waals surface area contributed by atoms with Crippen molar-refractivity contribution in [2.24, 2.45) is 0 Å². The molecule has 1 aliphatic heterocycles. The van der Waals surface area contributed by atoms with E-state index in [4.69, 9.17) is 4.74 Å². The predicted molar refractivity (Wildman–Crippen MR) is 133 cm³/mol. The molecule has 1 saturated heterocycles. The minimum atomic E-state index is -3.60. The summed E-state index contributed by atoms with van der Waals surface area (Å²) in [6.07, 6.45) is 1.97. The number of benzene rings is 2. The molecule has 33 heavy (non-hydrogen) atoms. The monoisotopic (exact) mass is 506 g/mol. The molecule has 0 unspecified atom stereocenters. The van der Waals surface area contributed by atoms with Crippen LogP contribution in [0.5, 0.6) is 0 Å². The second kappa shape index (κ2) is 10.5. The molecule has 1 fully saturated rings. The molecular formula is C22H26N4O4S3. The fourth-order valence-electron chi connectivity index (χ4n) is 3.66. The molecule has 11 heteroatoms. The lowest BCUT2D eigenvalue weighted by molar-refractivity contribution is -0.113. The van der Waals surface area contributed by atoms with E-state index in [1.54, 1.807) is 30.0 Å². The van der Waals surface area contributed by atoms with E-state index in [2.05, 4.69) is 10.3 Å². The Balaban J connectivity index is 1.52. The van der Waals surface area contributed by atoms with Crippen LogP contribution in [0.15, 0.2) is 57.4 Å². The lowest BCUT2D eigenvalue weighted by atomic mass is 10.3. The number of amides is 1. The van der Waals surface area contributed by atoms with Gasteiger partial charge in [0.05, 0.1) is 40.6 Å². The van der Waals surface area contributed by atoms with E-state index in [0.717, 1.165) is 16.1 Å². The summed E-state index contributed by atoms with van der Waals surface area (Å²) < 4.78 is 34.7. The van der Waals surface area contributed by atoms with Crippen molar-refractivity contribution in [2.75, 3.05) is 43.6 Å². The Bertz CT molecular complexity index is 1250. The number of morpholine rings is 1. The van der Waals surface area contributed by atoms with Crippen LogP contribution in [0.2, 0.25) is 0 Å². The number of imidazole rings is 1. The van der Waals surface area contributed by atoms with Crippen molar-refractivity contribution in [2.45, 2.75) is 28.4 Å². The molecule has 4 rings (SSSR count). The smallest absolute Gasteiger partial charge is 0.243 e. The van der Waals surface area contributed by atoms with Crippen LogP contribution in [0.3, 0.4) is 0 Å². The number of sulfonamides is 1. The molecule has 8 nitrogen and oxygen atoms in total.